The smallest absolute Gasteiger partial charge is 0.138 e. The number of thioether (sulfide) groups is 1. The minimum atomic E-state index is -1.08. The molecule has 0 radical (unpaired) electrons. The van der Waals surface area contributed by atoms with E-state index in [-0.39, 0.29) is 0 Å². The van der Waals surface area contributed by atoms with E-state index < -0.39 is 4.93 Å². The first-order chi connectivity index (χ1) is 15.0. The van der Waals surface area contributed by atoms with Gasteiger partial charge in [0.15, 0.2) is 0 Å². The summed E-state index contributed by atoms with van der Waals surface area (Å²) in [6.45, 7) is 0.651. The standard InChI is InChI=1S/C25H22Cl2N2OS/c26-23-11-8-21(24(27)16-23)17-31-25(30,12-14-29-15-13-28-18-29)22-9-6-20(7-10-22)19-4-2-1-3-5-19/h1-11,13,15-16,18,30H,12,14,17H2. The number of aromatic nitrogens is 2. The van der Waals surface area contributed by atoms with E-state index in [1.807, 2.05) is 53.2 Å². The van der Waals surface area contributed by atoms with Crippen LogP contribution in [-0.4, -0.2) is 14.7 Å². The highest BCUT2D eigenvalue weighted by Crippen LogP contribution is 2.41. The number of nitrogens with zero attached hydrogens (tertiary/aromatic N) is 2. The number of aryl methyl sites for hydroxylation is 1. The van der Waals surface area contributed by atoms with Crippen molar-refractivity contribution in [3.8, 4) is 11.1 Å². The van der Waals surface area contributed by atoms with E-state index >= 15 is 0 Å². The third-order valence-corrected chi connectivity index (χ3v) is 7.15. The Morgan fingerprint density at radius 3 is 2.35 bits per heavy atom. The van der Waals surface area contributed by atoms with Gasteiger partial charge in [0.05, 0.1) is 6.33 Å². The van der Waals surface area contributed by atoms with Crippen LogP contribution in [0.4, 0.5) is 0 Å². The molecule has 0 spiro atoms. The Bertz CT molecular complexity index is 1120. The van der Waals surface area contributed by atoms with Crippen LogP contribution in [0.2, 0.25) is 10.0 Å². The van der Waals surface area contributed by atoms with Crippen molar-refractivity contribution in [2.75, 3.05) is 0 Å². The molecular formula is C25H22Cl2N2OS. The Morgan fingerprint density at radius 1 is 0.935 bits per heavy atom. The van der Waals surface area contributed by atoms with Gasteiger partial charge in [0.25, 0.3) is 0 Å². The molecule has 0 saturated heterocycles. The zero-order valence-electron chi connectivity index (χ0n) is 16.8. The molecule has 1 N–H and O–H groups in total. The SMILES string of the molecule is OC(CCn1ccnc1)(SCc1ccc(Cl)cc1Cl)c1ccc(-c2ccccc2)cc1. The molecule has 0 fully saturated rings. The van der Waals surface area contributed by atoms with Crippen LogP contribution in [0.15, 0.2) is 91.5 Å². The zero-order valence-corrected chi connectivity index (χ0v) is 19.1. The molecule has 0 amide bonds. The van der Waals surface area contributed by atoms with E-state index in [0.717, 1.165) is 22.3 Å². The molecule has 6 heteroatoms. The number of halogens is 2. The van der Waals surface area contributed by atoms with Gasteiger partial charge in [-0.25, -0.2) is 4.98 Å². The minimum Gasteiger partial charge on any atom is -0.375 e. The van der Waals surface area contributed by atoms with Crippen molar-refractivity contribution >= 4 is 35.0 Å². The van der Waals surface area contributed by atoms with Gasteiger partial charge < -0.3 is 9.67 Å². The molecular weight excluding hydrogens is 447 g/mol. The van der Waals surface area contributed by atoms with Gasteiger partial charge in [0, 0.05) is 41.2 Å². The Kier molecular flexibility index (Phi) is 7.03. The maximum absolute atomic E-state index is 11.7. The van der Waals surface area contributed by atoms with Crippen LogP contribution in [0.25, 0.3) is 11.1 Å². The lowest BCUT2D eigenvalue weighted by molar-refractivity contribution is 0.121. The topological polar surface area (TPSA) is 38.0 Å². The summed E-state index contributed by atoms with van der Waals surface area (Å²) in [5.74, 6) is 0.566. The summed E-state index contributed by atoms with van der Waals surface area (Å²) in [5, 5.41) is 12.9. The molecule has 4 aromatic rings. The summed E-state index contributed by atoms with van der Waals surface area (Å²) < 4.78 is 1.97. The number of imidazole rings is 1. The molecule has 1 aromatic heterocycles. The largest absolute Gasteiger partial charge is 0.375 e. The molecule has 1 atom stereocenters. The van der Waals surface area contributed by atoms with Crippen molar-refractivity contribution in [1.29, 1.82) is 0 Å². The van der Waals surface area contributed by atoms with Gasteiger partial charge >= 0.3 is 0 Å². The molecule has 0 aliphatic carbocycles. The fraction of sp³-hybridized carbons (Fsp3) is 0.160. The first kappa shape index (κ1) is 22.0. The summed E-state index contributed by atoms with van der Waals surface area (Å²) in [4.78, 5) is 3.02. The predicted octanol–water partition coefficient (Wildman–Crippen LogP) is 7.03. The van der Waals surface area contributed by atoms with Crippen molar-refractivity contribution in [3.05, 3.63) is 113 Å². The lowest BCUT2D eigenvalue weighted by Gasteiger charge is -2.29. The average molecular weight is 469 g/mol. The van der Waals surface area contributed by atoms with Crippen molar-refractivity contribution in [1.82, 2.24) is 9.55 Å². The van der Waals surface area contributed by atoms with E-state index in [2.05, 4.69) is 29.2 Å². The summed E-state index contributed by atoms with van der Waals surface area (Å²) in [6.07, 6.45) is 5.94. The maximum Gasteiger partial charge on any atom is 0.138 e. The number of benzene rings is 3. The normalized spacial score (nSPS) is 13.1. The van der Waals surface area contributed by atoms with Crippen LogP contribution in [0, 0.1) is 0 Å². The van der Waals surface area contributed by atoms with Gasteiger partial charge in [-0.1, -0.05) is 83.9 Å². The Hall–Kier alpha value is -2.24. The highest BCUT2D eigenvalue weighted by atomic mass is 35.5. The summed E-state index contributed by atoms with van der Waals surface area (Å²) in [6, 6.07) is 23.8. The average Bonchev–Trinajstić information content (AvgIpc) is 3.32. The van der Waals surface area contributed by atoms with E-state index in [0.29, 0.717) is 28.8 Å². The Morgan fingerprint density at radius 2 is 1.68 bits per heavy atom. The fourth-order valence-electron chi connectivity index (χ4n) is 3.39. The number of hydrogen-bond donors (Lipinski definition) is 1. The van der Waals surface area contributed by atoms with E-state index in [4.69, 9.17) is 23.2 Å². The summed E-state index contributed by atoms with van der Waals surface area (Å²) >= 11 is 13.9. The Labute approximate surface area is 196 Å². The van der Waals surface area contributed by atoms with Crippen LogP contribution in [0.3, 0.4) is 0 Å². The van der Waals surface area contributed by atoms with Crippen LogP contribution < -0.4 is 0 Å². The molecule has 0 bridgehead atoms. The van der Waals surface area contributed by atoms with Gasteiger partial charge in [-0.15, -0.1) is 11.8 Å². The third-order valence-electron chi connectivity index (χ3n) is 5.19. The highest BCUT2D eigenvalue weighted by molar-refractivity contribution is 7.99. The molecule has 0 aliphatic rings. The van der Waals surface area contributed by atoms with Gasteiger partial charge in [0.2, 0.25) is 0 Å². The van der Waals surface area contributed by atoms with E-state index in [9.17, 15) is 5.11 Å². The number of rotatable bonds is 8. The lowest BCUT2D eigenvalue weighted by Crippen LogP contribution is -2.24. The minimum absolute atomic E-state index is 0.532. The maximum atomic E-state index is 11.7. The number of hydrogen-bond acceptors (Lipinski definition) is 3. The summed E-state index contributed by atoms with van der Waals surface area (Å²) in [5.41, 5.74) is 4.07. The van der Waals surface area contributed by atoms with Crippen LogP contribution in [-0.2, 0) is 17.2 Å². The molecule has 3 aromatic carbocycles. The van der Waals surface area contributed by atoms with Gasteiger partial charge in [0.1, 0.15) is 4.93 Å². The first-order valence-electron chi connectivity index (χ1n) is 9.95. The Balaban J connectivity index is 1.58. The second-order valence-corrected chi connectivity index (χ2v) is 9.40. The van der Waals surface area contributed by atoms with Gasteiger partial charge in [-0.2, -0.15) is 0 Å². The first-order valence-corrected chi connectivity index (χ1v) is 11.7. The highest BCUT2D eigenvalue weighted by Gasteiger charge is 2.30. The molecule has 1 unspecified atom stereocenters. The van der Waals surface area contributed by atoms with Crippen molar-refractivity contribution in [2.24, 2.45) is 0 Å². The van der Waals surface area contributed by atoms with Gasteiger partial charge in [-0.3, -0.25) is 0 Å². The third kappa shape index (κ3) is 5.52. The second-order valence-electron chi connectivity index (χ2n) is 7.30. The lowest BCUT2D eigenvalue weighted by atomic mass is 10.0. The van der Waals surface area contributed by atoms with Crippen LogP contribution in [0.5, 0.6) is 0 Å². The van der Waals surface area contributed by atoms with Crippen LogP contribution >= 0.6 is 35.0 Å². The molecule has 0 saturated carbocycles. The molecule has 31 heavy (non-hydrogen) atoms. The van der Waals surface area contributed by atoms with Crippen molar-refractivity contribution < 1.29 is 5.11 Å². The van der Waals surface area contributed by atoms with Crippen molar-refractivity contribution in [2.45, 2.75) is 23.7 Å². The van der Waals surface area contributed by atoms with Gasteiger partial charge in [-0.05, 0) is 34.4 Å². The molecule has 158 valence electrons. The van der Waals surface area contributed by atoms with Crippen LogP contribution in [0.1, 0.15) is 17.5 Å². The van der Waals surface area contributed by atoms with E-state index in [1.165, 1.54) is 11.8 Å². The molecule has 1 heterocycles. The molecule has 0 aliphatic heterocycles. The predicted molar refractivity (Wildman–Crippen MR) is 130 cm³/mol. The number of aliphatic hydroxyl groups is 1. The van der Waals surface area contributed by atoms with Crippen molar-refractivity contribution in [3.63, 3.8) is 0 Å². The zero-order chi connectivity index (χ0) is 21.7. The summed E-state index contributed by atoms with van der Waals surface area (Å²) in [7, 11) is 0. The quantitative estimate of drug-likeness (QED) is 0.282. The fourth-order valence-corrected chi connectivity index (χ4v) is 5.13. The van der Waals surface area contributed by atoms with E-state index in [1.54, 1.807) is 18.6 Å². The molecule has 3 nitrogen and oxygen atoms in total. The second kappa shape index (κ2) is 9.92. The monoisotopic (exact) mass is 468 g/mol. The molecule has 4 rings (SSSR count).